The monoisotopic (exact) mass is 407 g/mol. The summed E-state index contributed by atoms with van der Waals surface area (Å²) in [6.45, 7) is 4.47. The minimum absolute atomic E-state index is 0.288. The maximum Gasteiger partial charge on any atom is 0.250 e. The van der Waals surface area contributed by atoms with Gasteiger partial charge in [-0.2, -0.15) is 20.1 Å². The highest BCUT2D eigenvalue weighted by Crippen LogP contribution is 2.18. The van der Waals surface area contributed by atoms with E-state index >= 15 is 0 Å². The summed E-state index contributed by atoms with van der Waals surface area (Å²) >= 11 is 0. The van der Waals surface area contributed by atoms with Crippen molar-refractivity contribution in [3.63, 3.8) is 0 Å². The lowest BCUT2D eigenvalue weighted by Crippen LogP contribution is -2.37. The maximum absolute atomic E-state index is 13.1. The van der Waals surface area contributed by atoms with Crippen LogP contribution >= 0.6 is 0 Å². The zero-order valence-electron chi connectivity index (χ0n) is 16.5. The van der Waals surface area contributed by atoms with Gasteiger partial charge in [-0.3, -0.25) is 0 Å². The van der Waals surface area contributed by atoms with Gasteiger partial charge in [0, 0.05) is 18.8 Å². The van der Waals surface area contributed by atoms with E-state index in [-0.39, 0.29) is 5.82 Å². The number of benzene rings is 2. The van der Waals surface area contributed by atoms with Gasteiger partial charge < -0.3 is 15.0 Å². The first-order valence-corrected chi connectivity index (χ1v) is 9.64. The quantitative estimate of drug-likeness (QED) is 0.478. The van der Waals surface area contributed by atoms with Gasteiger partial charge >= 0.3 is 0 Å². The van der Waals surface area contributed by atoms with E-state index in [0.29, 0.717) is 49.9 Å². The number of aromatic nitrogens is 3. The summed E-state index contributed by atoms with van der Waals surface area (Å²) in [5.74, 6) is 0.980. The van der Waals surface area contributed by atoms with Crippen LogP contribution in [0.1, 0.15) is 12.5 Å². The van der Waals surface area contributed by atoms with Gasteiger partial charge in [-0.15, -0.1) is 0 Å². The Morgan fingerprint density at radius 3 is 2.40 bits per heavy atom. The first-order chi connectivity index (χ1) is 14.7. The molecule has 154 valence electrons. The van der Waals surface area contributed by atoms with Crippen molar-refractivity contribution in [2.45, 2.75) is 6.92 Å². The van der Waals surface area contributed by atoms with E-state index in [4.69, 9.17) is 4.74 Å². The lowest BCUT2D eigenvalue weighted by molar-refractivity contribution is 0.122. The summed E-state index contributed by atoms with van der Waals surface area (Å²) in [7, 11) is 0. The van der Waals surface area contributed by atoms with Gasteiger partial charge in [0.1, 0.15) is 5.82 Å². The molecule has 1 aromatic heterocycles. The Kier molecular flexibility index (Phi) is 6.09. The molecule has 0 atom stereocenters. The number of hydrogen-bond donors (Lipinski definition) is 2. The number of morpholine rings is 1. The van der Waals surface area contributed by atoms with Gasteiger partial charge in [0.25, 0.3) is 0 Å². The molecular weight excluding hydrogens is 385 g/mol. The Morgan fingerprint density at radius 2 is 1.67 bits per heavy atom. The number of ether oxygens (including phenoxy) is 1. The Hall–Kier alpha value is -3.59. The number of hydrogen-bond acceptors (Lipinski definition) is 8. The van der Waals surface area contributed by atoms with Crippen LogP contribution in [0.15, 0.2) is 59.7 Å². The third-order valence-electron chi connectivity index (χ3n) is 4.53. The van der Waals surface area contributed by atoms with Crippen LogP contribution in [0, 0.1) is 5.82 Å². The molecule has 1 fully saturated rings. The van der Waals surface area contributed by atoms with E-state index in [1.54, 1.807) is 12.1 Å². The summed E-state index contributed by atoms with van der Waals surface area (Å²) in [4.78, 5) is 15.5. The minimum atomic E-state index is -0.288. The Bertz CT molecular complexity index is 1010. The molecule has 0 saturated carbocycles. The van der Waals surface area contributed by atoms with Crippen LogP contribution in [0.4, 0.5) is 27.9 Å². The fourth-order valence-corrected chi connectivity index (χ4v) is 2.92. The fraction of sp³-hybridized carbons (Fsp3) is 0.238. The molecule has 9 heteroatoms. The van der Waals surface area contributed by atoms with E-state index < -0.39 is 0 Å². The van der Waals surface area contributed by atoms with E-state index in [0.717, 1.165) is 11.3 Å². The van der Waals surface area contributed by atoms with Crippen molar-refractivity contribution in [3.05, 3.63) is 66.0 Å². The summed E-state index contributed by atoms with van der Waals surface area (Å²) in [5.41, 5.74) is 5.25. The third-order valence-corrected chi connectivity index (χ3v) is 4.53. The summed E-state index contributed by atoms with van der Waals surface area (Å²) in [6.07, 6.45) is 0. The Balaban J connectivity index is 1.59. The molecule has 30 heavy (non-hydrogen) atoms. The lowest BCUT2D eigenvalue weighted by Gasteiger charge is -2.27. The van der Waals surface area contributed by atoms with E-state index in [2.05, 4.69) is 30.8 Å². The van der Waals surface area contributed by atoms with E-state index in [9.17, 15) is 4.39 Å². The number of nitrogens with one attached hydrogen (secondary N) is 2. The molecular formula is C21H22FN7O. The summed E-state index contributed by atoms with van der Waals surface area (Å²) < 4.78 is 18.6. The molecule has 0 bridgehead atoms. The molecule has 1 saturated heterocycles. The predicted octanol–water partition coefficient (Wildman–Crippen LogP) is 3.43. The minimum Gasteiger partial charge on any atom is -0.378 e. The zero-order valence-corrected chi connectivity index (χ0v) is 16.5. The van der Waals surface area contributed by atoms with Crippen LogP contribution in [-0.4, -0.2) is 47.0 Å². The average molecular weight is 407 g/mol. The van der Waals surface area contributed by atoms with Crippen LogP contribution in [-0.2, 0) is 4.74 Å². The fourth-order valence-electron chi connectivity index (χ4n) is 2.92. The predicted molar refractivity (Wildman–Crippen MR) is 115 cm³/mol. The van der Waals surface area contributed by atoms with Gasteiger partial charge in [-0.05, 0) is 36.8 Å². The van der Waals surface area contributed by atoms with Gasteiger partial charge in [0.2, 0.25) is 17.8 Å². The van der Waals surface area contributed by atoms with Crippen molar-refractivity contribution in [2.24, 2.45) is 5.10 Å². The third kappa shape index (κ3) is 5.06. The zero-order chi connectivity index (χ0) is 20.8. The van der Waals surface area contributed by atoms with Crippen molar-refractivity contribution < 1.29 is 9.13 Å². The lowest BCUT2D eigenvalue weighted by atomic mass is 10.1. The highest BCUT2D eigenvalue weighted by molar-refractivity contribution is 5.98. The van der Waals surface area contributed by atoms with Crippen LogP contribution in [0.25, 0.3) is 0 Å². The molecule has 2 heterocycles. The summed E-state index contributed by atoms with van der Waals surface area (Å²) in [5, 5.41) is 7.55. The second-order valence-corrected chi connectivity index (χ2v) is 6.69. The Morgan fingerprint density at radius 1 is 0.967 bits per heavy atom. The molecule has 0 unspecified atom stereocenters. The first-order valence-electron chi connectivity index (χ1n) is 9.64. The highest BCUT2D eigenvalue weighted by atomic mass is 19.1. The molecule has 1 aliphatic heterocycles. The number of para-hydroxylation sites is 1. The molecule has 0 amide bonds. The van der Waals surface area contributed by atoms with Crippen LogP contribution in [0.3, 0.4) is 0 Å². The van der Waals surface area contributed by atoms with Crippen molar-refractivity contribution in [2.75, 3.05) is 41.9 Å². The van der Waals surface area contributed by atoms with Crippen molar-refractivity contribution in [1.82, 2.24) is 15.0 Å². The number of anilines is 4. The van der Waals surface area contributed by atoms with Crippen molar-refractivity contribution in [1.29, 1.82) is 0 Å². The van der Waals surface area contributed by atoms with Gasteiger partial charge in [0.05, 0.1) is 18.9 Å². The highest BCUT2D eigenvalue weighted by Gasteiger charge is 2.16. The van der Waals surface area contributed by atoms with E-state index in [1.165, 1.54) is 12.1 Å². The molecule has 0 radical (unpaired) electrons. The second kappa shape index (κ2) is 9.27. The number of halogens is 1. The van der Waals surface area contributed by atoms with Gasteiger partial charge in [0.15, 0.2) is 0 Å². The van der Waals surface area contributed by atoms with Gasteiger partial charge in [-0.25, -0.2) is 9.82 Å². The van der Waals surface area contributed by atoms with Crippen LogP contribution < -0.4 is 15.6 Å². The Labute approximate surface area is 173 Å². The number of nitrogens with zero attached hydrogens (tertiary/aromatic N) is 5. The van der Waals surface area contributed by atoms with Gasteiger partial charge in [-0.1, -0.05) is 30.3 Å². The molecule has 0 aliphatic carbocycles. The summed E-state index contributed by atoms with van der Waals surface area (Å²) in [6, 6.07) is 15.8. The van der Waals surface area contributed by atoms with E-state index in [1.807, 2.05) is 42.2 Å². The van der Waals surface area contributed by atoms with Crippen LogP contribution in [0.5, 0.6) is 0 Å². The van der Waals surface area contributed by atoms with Crippen molar-refractivity contribution in [3.8, 4) is 0 Å². The molecule has 2 aromatic carbocycles. The maximum atomic E-state index is 13.1. The SMILES string of the molecule is C/C(=N/Nc1nc(Nc2ccccc2)nc(N2CCOCC2)n1)c1ccc(F)cc1. The first kappa shape index (κ1) is 19.7. The molecule has 3 aromatic rings. The number of hydrazone groups is 1. The smallest absolute Gasteiger partial charge is 0.250 e. The topological polar surface area (TPSA) is 87.6 Å². The normalized spacial score (nSPS) is 14.5. The molecule has 0 spiro atoms. The van der Waals surface area contributed by atoms with Crippen molar-refractivity contribution >= 4 is 29.2 Å². The molecule has 4 rings (SSSR count). The molecule has 1 aliphatic rings. The van der Waals surface area contributed by atoms with Crippen LogP contribution in [0.2, 0.25) is 0 Å². The standard InChI is InChI=1S/C21H22FN7O/c1-15(16-7-9-17(22)10-8-16)27-28-20-24-19(23-18-5-3-2-4-6-18)25-21(26-20)29-11-13-30-14-12-29/h2-10H,11-14H2,1H3,(H2,23,24,25,26,28)/b27-15-. The molecule has 8 nitrogen and oxygen atoms in total. The number of rotatable bonds is 6. The molecule has 2 N–H and O–H groups in total. The largest absolute Gasteiger partial charge is 0.378 e. The average Bonchev–Trinajstić information content (AvgIpc) is 2.79. The second-order valence-electron chi connectivity index (χ2n) is 6.69.